The van der Waals surface area contributed by atoms with E-state index in [4.69, 9.17) is 5.26 Å². The van der Waals surface area contributed by atoms with E-state index in [0.29, 0.717) is 24.1 Å². The monoisotopic (exact) mass is 367 g/mol. The maximum absolute atomic E-state index is 12.4. The zero-order chi connectivity index (χ0) is 19.3. The molecule has 0 spiro atoms. The van der Waals surface area contributed by atoms with Crippen molar-refractivity contribution in [1.82, 2.24) is 20.5 Å². The Balaban J connectivity index is 1.37. The van der Waals surface area contributed by atoms with E-state index in [9.17, 15) is 4.79 Å². The smallest absolute Gasteiger partial charge is 0.251 e. The number of hydrogen-bond acceptors (Lipinski definition) is 4. The lowest BCUT2D eigenvalue weighted by atomic mass is 10.1. The highest BCUT2D eigenvalue weighted by Gasteiger charge is 2.07. The zero-order valence-corrected chi connectivity index (χ0v) is 15.0. The first-order valence-electron chi connectivity index (χ1n) is 8.90. The van der Waals surface area contributed by atoms with Gasteiger partial charge in [0.1, 0.15) is 6.07 Å². The second-order valence-electron chi connectivity index (χ2n) is 6.41. The molecule has 0 radical (unpaired) electrons. The molecule has 0 aliphatic heterocycles. The van der Waals surface area contributed by atoms with Gasteiger partial charge in [-0.05, 0) is 47.9 Å². The van der Waals surface area contributed by atoms with Gasteiger partial charge in [-0.1, -0.05) is 18.2 Å². The predicted molar refractivity (Wildman–Crippen MR) is 107 cm³/mol. The van der Waals surface area contributed by atoms with Crippen LogP contribution in [0.25, 0.3) is 22.0 Å². The summed E-state index contributed by atoms with van der Waals surface area (Å²) in [6.45, 7) is 0.521. The summed E-state index contributed by atoms with van der Waals surface area (Å²) in [5.41, 5.74) is 5.20. The van der Waals surface area contributed by atoms with E-state index in [1.807, 2.05) is 36.4 Å². The van der Waals surface area contributed by atoms with Crippen molar-refractivity contribution >= 4 is 16.8 Å². The number of nitriles is 1. The number of nitrogens with zero attached hydrogens (tertiary/aromatic N) is 3. The fourth-order valence-electron chi connectivity index (χ4n) is 3.11. The standard InChI is InChI=1S/C22H17N5O/c23-12-19-13-25-21-6-1-15(11-20(19)21)7-9-24-22(28)17-4-2-16(3-5-17)18-8-10-26-27-14-18/h1-6,8,10-11,13-14,25H,7,9H2,(H,24,28). The highest BCUT2D eigenvalue weighted by Crippen LogP contribution is 2.20. The molecular weight excluding hydrogens is 350 g/mol. The molecule has 0 saturated carbocycles. The van der Waals surface area contributed by atoms with E-state index in [1.165, 1.54) is 0 Å². The van der Waals surface area contributed by atoms with Crippen LogP contribution in [-0.2, 0) is 6.42 Å². The van der Waals surface area contributed by atoms with Crippen LogP contribution in [-0.4, -0.2) is 27.6 Å². The number of aromatic amines is 1. The molecule has 0 saturated heterocycles. The number of nitrogens with one attached hydrogen (secondary N) is 2. The van der Waals surface area contributed by atoms with Crippen molar-refractivity contribution < 1.29 is 4.79 Å². The summed E-state index contributed by atoms with van der Waals surface area (Å²) in [6.07, 6.45) is 5.73. The number of H-pyrrole nitrogens is 1. The maximum atomic E-state index is 12.4. The Labute approximate surface area is 161 Å². The lowest BCUT2D eigenvalue weighted by molar-refractivity contribution is 0.0954. The van der Waals surface area contributed by atoms with Crippen LogP contribution in [0.2, 0.25) is 0 Å². The Hall–Kier alpha value is -3.98. The summed E-state index contributed by atoms with van der Waals surface area (Å²) < 4.78 is 0. The van der Waals surface area contributed by atoms with Gasteiger partial charge in [0.05, 0.1) is 18.0 Å². The summed E-state index contributed by atoms with van der Waals surface area (Å²) in [7, 11) is 0. The third kappa shape index (κ3) is 3.60. The SMILES string of the molecule is N#Cc1c[nH]c2ccc(CCNC(=O)c3ccc(-c4ccnnc4)cc3)cc12. The minimum Gasteiger partial charge on any atom is -0.360 e. The first-order chi connectivity index (χ1) is 13.7. The molecule has 6 heteroatoms. The van der Waals surface area contributed by atoms with Gasteiger partial charge in [0.15, 0.2) is 0 Å². The van der Waals surface area contributed by atoms with Crippen molar-refractivity contribution in [2.75, 3.05) is 6.54 Å². The fourth-order valence-corrected chi connectivity index (χ4v) is 3.11. The quantitative estimate of drug-likeness (QED) is 0.565. The Bertz CT molecular complexity index is 1160. The normalized spacial score (nSPS) is 10.5. The van der Waals surface area contributed by atoms with Gasteiger partial charge in [-0.25, -0.2) is 0 Å². The van der Waals surface area contributed by atoms with Gasteiger partial charge >= 0.3 is 0 Å². The summed E-state index contributed by atoms with van der Waals surface area (Å²) in [5, 5.41) is 20.6. The molecule has 4 rings (SSSR count). The van der Waals surface area contributed by atoms with E-state index in [2.05, 4.69) is 26.6 Å². The second-order valence-corrected chi connectivity index (χ2v) is 6.41. The molecule has 0 atom stereocenters. The average Bonchev–Trinajstić information content (AvgIpc) is 3.17. The van der Waals surface area contributed by atoms with Gasteiger partial charge in [-0.3, -0.25) is 4.79 Å². The fraction of sp³-hybridized carbons (Fsp3) is 0.0909. The van der Waals surface area contributed by atoms with Crippen molar-refractivity contribution in [3.05, 3.63) is 83.8 Å². The molecule has 0 bridgehead atoms. The molecular formula is C22H17N5O. The highest BCUT2D eigenvalue weighted by molar-refractivity contribution is 5.94. The molecule has 2 N–H and O–H groups in total. The Kier molecular flexibility index (Phi) is 4.81. The van der Waals surface area contributed by atoms with Crippen molar-refractivity contribution in [2.24, 2.45) is 0 Å². The van der Waals surface area contributed by atoms with E-state index < -0.39 is 0 Å². The van der Waals surface area contributed by atoms with Crippen LogP contribution in [0.15, 0.2) is 67.1 Å². The summed E-state index contributed by atoms with van der Waals surface area (Å²) in [4.78, 5) is 15.5. The first kappa shape index (κ1) is 17.4. The van der Waals surface area contributed by atoms with Crippen molar-refractivity contribution in [1.29, 1.82) is 5.26 Å². The number of fused-ring (bicyclic) bond motifs is 1. The molecule has 28 heavy (non-hydrogen) atoms. The minimum atomic E-state index is -0.111. The molecule has 2 aromatic heterocycles. The number of rotatable bonds is 5. The summed E-state index contributed by atoms with van der Waals surface area (Å²) in [6, 6.07) is 17.4. The van der Waals surface area contributed by atoms with Crippen LogP contribution in [0.3, 0.4) is 0 Å². The molecule has 1 amide bonds. The van der Waals surface area contributed by atoms with E-state index in [-0.39, 0.29) is 5.91 Å². The largest absolute Gasteiger partial charge is 0.360 e. The number of benzene rings is 2. The molecule has 2 aromatic carbocycles. The van der Waals surface area contributed by atoms with Crippen molar-refractivity contribution in [2.45, 2.75) is 6.42 Å². The second kappa shape index (κ2) is 7.72. The van der Waals surface area contributed by atoms with Crippen LogP contribution in [0, 0.1) is 11.3 Å². The van der Waals surface area contributed by atoms with Gasteiger partial charge in [-0.2, -0.15) is 15.5 Å². The van der Waals surface area contributed by atoms with E-state index in [0.717, 1.165) is 27.6 Å². The number of carbonyl (C=O) groups is 1. The molecule has 4 aromatic rings. The van der Waals surface area contributed by atoms with Crippen LogP contribution in [0.4, 0.5) is 0 Å². The molecule has 0 unspecified atom stereocenters. The van der Waals surface area contributed by atoms with Gasteiger partial charge in [-0.15, -0.1) is 0 Å². The average molecular weight is 367 g/mol. The van der Waals surface area contributed by atoms with Gasteiger partial charge in [0, 0.05) is 34.8 Å². The number of carbonyl (C=O) groups excluding carboxylic acids is 1. The predicted octanol–water partition coefficient (Wildman–Crippen LogP) is 3.47. The summed E-state index contributed by atoms with van der Waals surface area (Å²) >= 11 is 0. The molecule has 0 aliphatic rings. The number of hydrogen-bond donors (Lipinski definition) is 2. The zero-order valence-electron chi connectivity index (χ0n) is 15.0. The molecule has 0 aliphatic carbocycles. The summed E-state index contributed by atoms with van der Waals surface area (Å²) in [5.74, 6) is -0.111. The lowest BCUT2D eigenvalue weighted by Gasteiger charge is -2.07. The van der Waals surface area contributed by atoms with Gasteiger partial charge in [0.25, 0.3) is 5.91 Å². The number of aromatic nitrogens is 3. The van der Waals surface area contributed by atoms with Crippen LogP contribution in [0.1, 0.15) is 21.5 Å². The molecule has 0 fully saturated rings. The number of amides is 1. The van der Waals surface area contributed by atoms with Crippen LogP contribution < -0.4 is 5.32 Å². The molecule has 6 nitrogen and oxygen atoms in total. The van der Waals surface area contributed by atoms with E-state index in [1.54, 1.807) is 30.7 Å². The third-order valence-electron chi connectivity index (χ3n) is 4.63. The topological polar surface area (TPSA) is 94.5 Å². The highest BCUT2D eigenvalue weighted by atomic mass is 16.1. The third-order valence-corrected chi connectivity index (χ3v) is 4.63. The van der Waals surface area contributed by atoms with Gasteiger partial charge < -0.3 is 10.3 Å². The Morgan fingerprint density at radius 2 is 1.93 bits per heavy atom. The Morgan fingerprint density at radius 1 is 1.07 bits per heavy atom. The van der Waals surface area contributed by atoms with Gasteiger partial charge in [0.2, 0.25) is 0 Å². The van der Waals surface area contributed by atoms with E-state index >= 15 is 0 Å². The molecule has 2 heterocycles. The first-order valence-corrected chi connectivity index (χ1v) is 8.90. The van der Waals surface area contributed by atoms with Crippen molar-refractivity contribution in [3.8, 4) is 17.2 Å². The Morgan fingerprint density at radius 3 is 2.68 bits per heavy atom. The van der Waals surface area contributed by atoms with Crippen LogP contribution in [0.5, 0.6) is 0 Å². The van der Waals surface area contributed by atoms with Crippen LogP contribution >= 0.6 is 0 Å². The van der Waals surface area contributed by atoms with Crippen molar-refractivity contribution in [3.63, 3.8) is 0 Å². The molecule has 136 valence electrons. The minimum absolute atomic E-state index is 0.111. The maximum Gasteiger partial charge on any atom is 0.251 e. The lowest BCUT2D eigenvalue weighted by Crippen LogP contribution is -2.25.